The Kier molecular flexibility index (Phi) is 8.84. The van der Waals surface area contributed by atoms with Crippen molar-refractivity contribution >= 4 is 23.5 Å². The molecule has 0 radical (unpaired) electrons. The van der Waals surface area contributed by atoms with E-state index in [9.17, 15) is 24.5 Å². The fraction of sp³-hybridized carbons (Fsp3) is 0.318. The first kappa shape index (κ1) is 24.5. The van der Waals surface area contributed by atoms with Crippen LogP contribution in [0, 0.1) is 10.1 Å². The lowest BCUT2D eigenvalue weighted by atomic mass is 9.88. The monoisotopic (exact) mass is 444 g/mol. The van der Waals surface area contributed by atoms with E-state index in [4.69, 9.17) is 14.2 Å². The molecule has 0 aliphatic carbocycles. The number of esters is 2. The van der Waals surface area contributed by atoms with E-state index in [1.165, 1.54) is 38.5 Å². The zero-order valence-electron chi connectivity index (χ0n) is 17.8. The van der Waals surface area contributed by atoms with E-state index in [-0.39, 0.29) is 12.1 Å². The molecule has 1 N–H and O–H groups in total. The van der Waals surface area contributed by atoms with E-state index in [0.29, 0.717) is 11.1 Å². The van der Waals surface area contributed by atoms with E-state index >= 15 is 0 Å². The van der Waals surface area contributed by atoms with Gasteiger partial charge in [0, 0.05) is 25.2 Å². The molecule has 0 unspecified atom stereocenters. The molecule has 0 aliphatic heterocycles. The van der Waals surface area contributed by atoms with Gasteiger partial charge in [-0.3, -0.25) is 19.7 Å². The number of carbonyl (C=O) groups excluding carboxylic acids is 3. The summed E-state index contributed by atoms with van der Waals surface area (Å²) in [7, 11) is 3.70. The van der Waals surface area contributed by atoms with Crippen LogP contribution in [0.4, 0.5) is 5.69 Å². The number of non-ortho nitro benzene ring substituents is 1. The summed E-state index contributed by atoms with van der Waals surface area (Å²) in [6, 6.07) is 12.7. The molecular formula is C22H24N2O8. The normalized spacial score (nSPS) is 13.3. The number of nitrogens with one attached hydrogen (secondary N) is 1. The fourth-order valence-corrected chi connectivity index (χ4v) is 3.24. The average Bonchev–Trinajstić information content (AvgIpc) is 2.81. The van der Waals surface area contributed by atoms with Crippen molar-refractivity contribution in [2.75, 3.05) is 21.3 Å². The number of rotatable bonds is 10. The van der Waals surface area contributed by atoms with E-state index < -0.39 is 40.8 Å². The molecule has 0 bridgehead atoms. The standard InChI is InChI=1S/C22H24N2O8/c1-30-18(25)13-17(14-9-11-16(12-10-14)24(28)29)19(22(27)32-3)23-21(26)20(31-2)15-7-5-4-6-8-15/h4-12,17,19-20H,13H2,1-3H3,(H,23,26)/t17-,19-,20-/m1/s1. The summed E-state index contributed by atoms with van der Waals surface area (Å²) >= 11 is 0. The molecule has 2 rings (SSSR count). The Morgan fingerprint density at radius 1 is 0.938 bits per heavy atom. The third-order valence-corrected chi connectivity index (χ3v) is 4.88. The predicted molar refractivity (Wildman–Crippen MR) is 113 cm³/mol. The molecule has 32 heavy (non-hydrogen) atoms. The second-order valence-electron chi connectivity index (χ2n) is 6.77. The molecule has 1 amide bonds. The number of nitro benzene ring substituents is 1. The molecule has 0 saturated heterocycles. The molecule has 10 heteroatoms. The molecule has 170 valence electrons. The van der Waals surface area contributed by atoms with E-state index in [1.54, 1.807) is 30.3 Å². The van der Waals surface area contributed by atoms with Crippen molar-refractivity contribution in [3.63, 3.8) is 0 Å². The number of hydrogen-bond acceptors (Lipinski definition) is 8. The van der Waals surface area contributed by atoms with Crippen LogP contribution >= 0.6 is 0 Å². The summed E-state index contributed by atoms with van der Waals surface area (Å²) in [4.78, 5) is 48.1. The zero-order valence-corrected chi connectivity index (χ0v) is 17.8. The van der Waals surface area contributed by atoms with E-state index in [0.717, 1.165) is 7.11 Å². The third-order valence-electron chi connectivity index (χ3n) is 4.88. The Balaban J connectivity index is 2.41. The van der Waals surface area contributed by atoms with Crippen LogP contribution in [0.5, 0.6) is 0 Å². The quantitative estimate of drug-likeness (QED) is 0.335. The number of ether oxygens (including phenoxy) is 3. The van der Waals surface area contributed by atoms with Gasteiger partial charge in [0.25, 0.3) is 11.6 Å². The van der Waals surface area contributed by atoms with Crippen molar-refractivity contribution in [3.8, 4) is 0 Å². The Morgan fingerprint density at radius 3 is 2.06 bits per heavy atom. The second kappa shape index (κ2) is 11.6. The number of nitrogens with zero attached hydrogens (tertiary/aromatic N) is 1. The van der Waals surface area contributed by atoms with Crippen molar-refractivity contribution in [2.24, 2.45) is 0 Å². The van der Waals surface area contributed by atoms with Gasteiger partial charge in [-0.15, -0.1) is 0 Å². The average molecular weight is 444 g/mol. The summed E-state index contributed by atoms with van der Waals surface area (Å²) in [6.45, 7) is 0. The minimum atomic E-state index is -1.28. The molecule has 0 spiro atoms. The molecular weight excluding hydrogens is 420 g/mol. The first-order chi connectivity index (χ1) is 15.3. The summed E-state index contributed by atoms with van der Waals surface area (Å²) < 4.78 is 14.9. The Labute approximate surface area is 184 Å². The van der Waals surface area contributed by atoms with Gasteiger partial charge in [-0.1, -0.05) is 42.5 Å². The predicted octanol–water partition coefficient (Wildman–Crippen LogP) is 2.29. The minimum absolute atomic E-state index is 0.159. The van der Waals surface area contributed by atoms with Gasteiger partial charge in [0.1, 0.15) is 6.04 Å². The van der Waals surface area contributed by atoms with Crippen LogP contribution in [0.3, 0.4) is 0 Å². The Morgan fingerprint density at radius 2 is 1.56 bits per heavy atom. The number of benzene rings is 2. The van der Waals surface area contributed by atoms with Gasteiger partial charge in [0.2, 0.25) is 0 Å². The van der Waals surface area contributed by atoms with Crippen molar-refractivity contribution < 1.29 is 33.5 Å². The first-order valence-electron chi connectivity index (χ1n) is 9.59. The highest BCUT2D eigenvalue weighted by atomic mass is 16.6. The van der Waals surface area contributed by atoms with Crippen molar-refractivity contribution in [1.29, 1.82) is 0 Å². The third kappa shape index (κ3) is 6.11. The zero-order chi connectivity index (χ0) is 23.7. The first-order valence-corrected chi connectivity index (χ1v) is 9.59. The molecule has 0 aliphatic rings. The summed E-state index contributed by atoms with van der Waals surface area (Å²) in [5, 5.41) is 13.6. The summed E-state index contributed by atoms with van der Waals surface area (Å²) in [6.07, 6.45) is -1.30. The number of methoxy groups -OCH3 is 3. The maximum Gasteiger partial charge on any atom is 0.329 e. The van der Waals surface area contributed by atoms with Gasteiger partial charge in [0.05, 0.1) is 25.6 Å². The van der Waals surface area contributed by atoms with Crippen LogP contribution in [0.25, 0.3) is 0 Å². The number of nitro groups is 1. The smallest absolute Gasteiger partial charge is 0.329 e. The Bertz CT molecular complexity index is 946. The Hall–Kier alpha value is -3.79. The lowest BCUT2D eigenvalue weighted by Crippen LogP contribution is -2.48. The van der Waals surface area contributed by atoms with Crippen LogP contribution in [-0.2, 0) is 28.6 Å². The van der Waals surface area contributed by atoms with Crippen molar-refractivity contribution in [3.05, 3.63) is 75.8 Å². The lowest BCUT2D eigenvalue weighted by molar-refractivity contribution is -0.384. The SMILES string of the molecule is COC(=O)C[C@H](c1ccc([N+](=O)[O-])cc1)[C@@H](NC(=O)[C@H](OC)c1ccccc1)C(=O)OC. The number of hydrogen-bond donors (Lipinski definition) is 1. The van der Waals surface area contributed by atoms with Crippen LogP contribution in [0.15, 0.2) is 54.6 Å². The van der Waals surface area contributed by atoms with Gasteiger partial charge in [-0.25, -0.2) is 4.79 Å². The molecule has 0 heterocycles. The second-order valence-corrected chi connectivity index (χ2v) is 6.77. The highest BCUT2D eigenvalue weighted by molar-refractivity contribution is 5.89. The highest BCUT2D eigenvalue weighted by Gasteiger charge is 2.36. The van der Waals surface area contributed by atoms with Crippen LogP contribution in [0.1, 0.15) is 29.6 Å². The minimum Gasteiger partial charge on any atom is -0.469 e. The molecule has 2 aromatic rings. The van der Waals surface area contributed by atoms with Gasteiger partial charge < -0.3 is 19.5 Å². The van der Waals surface area contributed by atoms with Gasteiger partial charge in [-0.05, 0) is 11.1 Å². The highest BCUT2D eigenvalue weighted by Crippen LogP contribution is 2.28. The molecule has 0 aromatic heterocycles. The van der Waals surface area contributed by atoms with Crippen LogP contribution < -0.4 is 5.32 Å². The van der Waals surface area contributed by atoms with Crippen LogP contribution in [0.2, 0.25) is 0 Å². The van der Waals surface area contributed by atoms with Gasteiger partial charge in [0.15, 0.2) is 6.10 Å². The number of amides is 1. The van der Waals surface area contributed by atoms with Gasteiger partial charge in [-0.2, -0.15) is 0 Å². The van der Waals surface area contributed by atoms with E-state index in [2.05, 4.69) is 5.32 Å². The lowest BCUT2D eigenvalue weighted by Gasteiger charge is -2.27. The maximum absolute atomic E-state index is 13.0. The largest absolute Gasteiger partial charge is 0.469 e. The molecule has 0 fully saturated rings. The van der Waals surface area contributed by atoms with Crippen molar-refractivity contribution in [1.82, 2.24) is 5.32 Å². The number of carbonyl (C=O) groups is 3. The molecule has 2 aromatic carbocycles. The molecule has 0 saturated carbocycles. The van der Waals surface area contributed by atoms with Crippen molar-refractivity contribution in [2.45, 2.75) is 24.5 Å². The molecule has 3 atom stereocenters. The van der Waals surface area contributed by atoms with E-state index in [1.807, 2.05) is 0 Å². The summed E-state index contributed by atoms with van der Waals surface area (Å²) in [5.74, 6) is -2.96. The topological polar surface area (TPSA) is 134 Å². The molecule has 10 nitrogen and oxygen atoms in total. The van der Waals surface area contributed by atoms with Gasteiger partial charge >= 0.3 is 11.9 Å². The maximum atomic E-state index is 13.0. The van der Waals surface area contributed by atoms with Crippen LogP contribution in [-0.4, -0.2) is 50.1 Å². The fourth-order valence-electron chi connectivity index (χ4n) is 3.24. The summed E-state index contributed by atoms with van der Waals surface area (Å²) in [5.41, 5.74) is 0.814.